The first-order valence-electron chi connectivity index (χ1n) is 9.07. The molecule has 3 heterocycles. The topological polar surface area (TPSA) is 189 Å². The van der Waals surface area contributed by atoms with E-state index in [1.807, 2.05) is 0 Å². The Labute approximate surface area is 189 Å². The van der Waals surface area contributed by atoms with Crippen LogP contribution in [0.25, 0.3) is 5.57 Å². The van der Waals surface area contributed by atoms with Crippen molar-refractivity contribution in [3.05, 3.63) is 28.4 Å². The molecular formula is C18H18N4O8S2. The van der Waals surface area contributed by atoms with Gasteiger partial charge in [-0.15, -0.1) is 23.1 Å². The molecule has 12 nitrogen and oxygen atoms in total. The summed E-state index contributed by atoms with van der Waals surface area (Å²) in [5.74, 6) is -4.30. The fourth-order valence-electron chi connectivity index (χ4n) is 3.12. The predicted octanol–water partition coefficient (Wildman–Crippen LogP) is -0.115. The Balaban J connectivity index is 1.79. The minimum Gasteiger partial charge on any atom is -0.481 e. The summed E-state index contributed by atoms with van der Waals surface area (Å²) in [5, 5.41) is 22.0. The van der Waals surface area contributed by atoms with Gasteiger partial charge in [0.05, 0.1) is 17.7 Å². The molecule has 2 amide bonds. The number of nitrogen functional groups attached to an aromatic ring is 1. The molecule has 0 aromatic carbocycles. The van der Waals surface area contributed by atoms with Crippen LogP contribution in [0.4, 0.5) is 5.13 Å². The van der Waals surface area contributed by atoms with Gasteiger partial charge in [-0.1, -0.05) is 6.08 Å². The lowest BCUT2D eigenvalue weighted by atomic mass is 10.0. The van der Waals surface area contributed by atoms with E-state index in [0.717, 1.165) is 16.2 Å². The van der Waals surface area contributed by atoms with Crippen molar-refractivity contribution in [3.8, 4) is 0 Å². The van der Waals surface area contributed by atoms with E-state index in [1.54, 1.807) is 0 Å². The average molecular weight is 482 g/mol. The van der Waals surface area contributed by atoms with Crippen molar-refractivity contribution in [2.45, 2.75) is 24.8 Å². The summed E-state index contributed by atoms with van der Waals surface area (Å²) in [6.07, 6.45) is 0.718. The van der Waals surface area contributed by atoms with E-state index in [0.29, 0.717) is 0 Å². The second-order valence-electron chi connectivity index (χ2n) is 6.69. The molecule has 0 saturated carbocycles. The van der Waals surface area contributed by atoms with E-state index in [9.17, 15) is 29.1 Å². The van der Waals surface area contributed by atoms with Gasteiger partial charge in [0, 0.05) is 23.6 Å². The Morgan fingerprint density at radius 1 is 1.38 bits per heavy atom. The number of thiazole rings is 1. The normalized spacial score (nSPS) is 20.3. The molecule has 0 radical (unpaired) electrons. The fraction of sp³-hybridized carbons (Fsp3) is 0.333. The molecule has 0 spiro atoms. The standard InChI is InChI=1S/C18H18N4O8S2/c1-7(23)30-4-8-5-31-16-12(15(27)22(16)13(8)17(28)29)21-14(26)9(2-3-11(24)25)10-6-32-18(19)20-10/h2,6,12,16H,3-5H2,1H3,(H2,19,20)(H,21,26)(H,24,25)(H,28,29)/b9-2+/t12-,16-/m1/s1. The zero-order chi connectivity index (χ0) is 23.6. The minimum absolute atomic E-state index is 0.0584. The van der Waals surface area contributed by atoms with Gasteiger partial charge in [0.1, 0.15) is 23.7 Å². The number of rotatable bonds is 8. The number of nitrogens with one attached hydrogen (secondary N) is 1. The number of carboxylic acid groups (broad SMARTS) is 2. The third kappa shape index (κ3) is 4.75. The van der Waals surface area contributed by atoms with E-state index in [1.165, 1.54) is 30.1 Å². The van der Waals surface area contributed by atoms with Crippen LogP contribution in [0.1, 0.15) is 19.0 Å². The highest BCUT2D eigenvalue weighted by atomic mass is 32.2. The van der Waals surface area contributed by atoms with Gasteiger partial charge in [-0.05, 0) is 0 Å². The largest absolute Gasteiger partial charge is 0.481 e. The summed E-state index contributed by atoms with van der Waals surface area (Å²) in [4.78, 5) is 64.3. The van der Waals surface area contributed by atoms with Crippen molar-refractivity contribution in [3.63, 3.8) is 0 Å². The number of carbonyl (C=O) groups excluding carboxylic acids is 3. The maximum Gasteiger partial charge on any atom is 0.352 e. The van der Waals surface area contributed by atoms with Crippen LogP contribution in [0.3, 0.4) is 0 Å². The minimum atomic E-state index is -1.35. The number of nitrogens with two attached hydrogens (primary N) is 1. The third-order valence-corrected chi connectivity index (χ3v) is 6.52. The monoisotopic (exact) mass is 482 g/mol. The van der Waals surface area contributed by atoms with Crippen LogP contribution in [-0.4, -0.2) is 73.6 Å². The number of aliphatic carboxylic acids is 2. The lowest BCUT2D eigenvalue weighted by Crippen LogP contribution is -2.70. The molecule has 1 aromatic rings. The number of aromatic nitrogens is 1. The summed E-state index contributed by atoms with van der Waals surface area (Å²) < 4.78 is 4.87. The molecule has 5 N–H and O–H groups in total. The predicted molar refractivity (Wildman–Crippen MR) is 113 cm³/mol. The summed E-state index contributed by atoms with van der Waals surface area (Å²) in [6, 6.07) is -1.03. The Morgan fingerprint density at radius 3 is 2.66 bits per heavy atom. The summed E-state index contributed by atoms with van der Waals surface area (Å²) in [7, 11) is 0. The summed E-state index contributed by atoms with van der Waals surface area (Å²) in [6.45, 7) is 0.927. The van der Waals surface area contributed by atoms with Gasteiger partial charge in [-0.2, -0.15) is 0 Å². The number of hydrogen-bond acceptors (Lipinski definition) is 10. The van der Waals surface area contributed by atoms with Crippen LogP contribution >= 0.6 is 23.1 Å². The molecule has 1 fully saturated rings. The third-order valence-electron chi connectivity index (χ3n) is 4.51. The maximum absolute atomic E-state index is 12.8. The van der Waals surface area contributed by atoms with Crippen molar-refractivity contribution in [1.82, 2.24) is 15.2 Å². The van der Waals surface area contributed by atoms with Crippen LogP contribution in [0, 0.1) is 0 Å². The molecule has 3 rings (SSSR count). The number of thioether (sulfide) groups is 1. The molecule has 14 heteroatoms. The molecule has 1 saturated heterocycles. The first kappa shape index (κ1) is 23.3. The number of hydrogen-bond donors (Lipinski definition) is 4. The van der Waals surface area contributed by atoms with Crippen LogP contribution in [-0.2, 0) is 28.7 Å². The molecule has 1 aromatic heterocycles. The second kappa shape index (κ2) is 9.40. The van der Waals surface area contributed by atoms with Gasteiger partial charge in [-0.25, -0.2) is 9.78 Å². The zero-order valence-electron chi connectivity index (χ0n) is 16.6. The second-order valence-corrected chi connectivity index (χ2v) is 8.68. The average Bonchev–Trinajstić information content (AvgIpc) is 3.15. The summed E-state index contributed by atoms with van der Waals surface area (Å²) >= 11 is 2.27. The molecule has 32 heavy (non-hydrogen) atoms. The molecule has 2 aliphatic rings. The highest BCUT2D eigenvalue weighted by Crippen LogP contribution is 2.40. The van der Waals surface area contributed by atoms with Crippen LogP contribution < -0.4 is 11.1 Å². The number of esters is 1. The smallest absolute Gasteiger partial charge is 0.352 e. The van der Waals surface area contributed by atoms with Gasteiger partial charge >= 0.3 is 17.9 Å². The van der Waals surface area contributed by atoms with E-state index >= 15 is 0 Å². The van der Waals surface area contributed by atoms with Crippen LogP contribution in [0.2, 0.25) is 0 Å². The van der Waals surface area contributed by atoms with Gasteiger partial charge in [0.15, 0.2) is 5.13 Å². The number of ether oxygens (including phenoxy) is 1. The Morgan fingerprint density at radius 2 is 2.09 bits per heavy atom. The van der Waals surface area contributed by atoms with Crippen molar-refractivity contribution in [2.24, 2.45) is 0 Å². The van der Waals surface area contributed by atoms with E-state index < -0.39 is 47.6 Å². The first-order chi connectivity index (χ1) is 15.1. The van der Waals surface area contributed by atoms with Crippen LogP contribution in [0.5, 0.6) is 0 Å². The van der Waals surface area contributed by atoms with E-state index in [2.05, 4.69) is 10.3 Å². The quantitative estimate of drug-likeness (QED) is 0.220. The Kier molecular flexibility index (Phi) is 6.84. The lowest BCUT2D eigenvalue weighted by molar-refractivity contribution is -0.150. The summed E-state index contributed by atoms with van der Waals surface area (Å²) in [5.41, 5.74) is 5.70. The number of amides is 2. The number of anilines is 1. The molecule has 2 atom stereocenters. The SMILES string of the molecule is CC(=O)OCC1=C(C(=O)O)N2C(=O)[C@@H](NC(=O)/C(=C/CC(=O)O)c3csc(N)n3)[C@H]2SC1. The van der Waals surface area contributed by atoms with Gasteiger partial charge in [0.2, 0.25) is 0 Å². The number of carboxylic acids is 2. The van der Waals surface area contributed by atoms with Crippen molar-refractivity contribution >= 4 is 63.5 Å². The number of fused-ring (bicyclic) bond motifs is 1. The fourth-order valence-corrected chi connectivity index (χ4v) is 5.01. The zero-order valence-corrected chi connectivity index (χ0v) is 18.2. The highest BCUT2D eigenvalue weighted by molar-refractivity contribution is 8.00. The number of carbonyl (C=O) groups is 5. The van der Waals surface area contributed by atoms with E-state index in [4.69, 9.17) is 15.6 Å². The van der Waals surface area contributed by atoms with Gasteiger partial charge in [-0.3, -0.25) is 24.1 Å². The molecule has 170 valence electrons. The Hall–Kier alpha value is -3.39. The Bertz CT molecular complexity index is 1060. The van der Waals surface area contributed by atoms with Gasteiger partial charge < -0.3 is 26.0 Å². The maximum atomic E-state index is 12.8. The van der Waals surface area contributed by atoms with Crippen LogP contribution in [0.15, 0.2) is 22.7 Å². The molecule has 2 aliphatic heterocycles. The van der Waals surface area contributed by atoms with Crippen molar-refractivity contribution in [2.75, 3.05) is 18.1 Å². The molecular weight excluding hydrogens is 464 g/mol. The molecule has 0 unspecified atom stereocenters. The van der Waals surface area contributed by atoms with Gasteiger partial charge in [0.25, 0.3) is 11.8 Å². The number of β-lactam (4-membered cyclic amide) rings is 1. The van der Waals surface area contributed by atoms with E-state index in [-0.39, 0.29) is 40.0 Å². The molecule has 0 bridgehead atoms. The highest BCUT2D eigenvalue weighted by Gasteiger charge is 2.54. The van der Waals surface area contributed by atoms with Crippen molar-refractivity contribution in [1.29, 1.82) is 0 Å². The number of nitrogens with zero attached hydrogens (tertiary/aromatic N) is 2. The van der Waals surface area contributed by atoms with Crippen molar-refractivity contribution < 1.29 is 38.9 Å². The lowest BCUT2D eigenvalue weighted by Gasteiger charge is -2.49. The first-order valence-corrected chi connectivity index (χ1v) is 11.0. The molecule has 0 aliphatic carbocycles.